The fraction of sp³-hybridized carbons (Fsp3) is 0.556. The van der Waals surface area contributed by atoms with E-state index >= 15 is 0 Å². The molecule has 1 aromatic rings. The van der Waals surface area contributed by atoms with Gasteiger partial charge in [0.15, 0.2) is 0 Å². The molecule has 0 saturated carbocycles. The predicted octanol–water partition coefficient (Wildman–Crippen LogP) is 1.13. The smallest absolute Gasteiger partial charge is 0.105 e. The topological polar surface area (TPSA) is 59.4 Å². The fourth-order valence-corrected chi connectivity index (χ4v) is 1.05. The van der Waals surface area contributed by atoms with Crippen LogP contribution in [0.1, 0.15) is 18.4 Å². The van der Waals surface area contributed by atoms with Gasteiger partial charge in [0.1, 0.15) is 11.5 Å². The first-order chi connectivity index (χ1) is 5.76. The van der Waals surface area contributed by atoms with E-state index in [0.29, 0.717) is 6.42 Å². The van der Waals surface area contributed by atoms with E-state index in [1.54, 1.807) is 0 Å². The van der Waals surface area contributed by atoms with Gasteiger partial charge in [-0.1, -0.05) is 6.92 Å². The number of hydrogen-bond donors (Lipinski definition) is 2. The molecule has 0 aromatic carbocycles. The first kappa shape index (κ1) is 12.5. The van der Waals surface area contributed by atoms with E-state index in [4.69, 9.17) is 15.3 Å². The van der Waals surface area contributed by atoms with Gasteiger partial charge in [-0.2, -0.15) is 0 Å². The third-order valence-electron chi connectivity index (χ3n) is 1.76. The van der Waals surface area contributed by atoms with Gasteiger partial charge in [-0.3, -0.25) is 0 Å². The van der Waals surface area contributed by atoms with Crippen molar-refractivity contribution in [1.82, 2.24) is 0 Å². The molecular weight excluding hydrogens is 190 g/mol. The lowest BCUT2D eigenvalue weighted by atomic mass is 10.2. The van der Waals surface area contributed by atoms with Gasteiger partial charge in [0.05, 0.1) is 6.61 Å². The van der Waals surface area contributed by atoms with Crippen LogP contribution >= 0.6 is 12.4 Å². The lowest BCUT2D eigenvalue weighted by Gasteiger charge is -2.03. The van der Waals surface area contributed by atoms with Crippen molar-refractivity contribution >= 4 is 12.4 Å². The van der Waals surface area contributed by atoms with Crippen LogP contribution in [0.15, 0.2) is 16.5 Å². The molecule has 0 aliphatic heterocycles. The highest BCUT2D eigenvalue weighted by molar-refractivity contribution is 5.85. The van der Waals surface area contributed by atoms with E-state index < -0.39 is 0 Å². The third kappa shape index (κ3) is 3.81. The molecular formula is C9H16ClNO2. The minimum Gasteiger partial charge on any atom is -0.466 e. The maximum absolute atomic E-state index is 8.69. The minimum atomic E-state index is -0.208. The van der Waals surface area contributed by atoms with Gasteiger partial charge in [0, 0.05) is 18.9 Å². The quantitative estimate of drug-likeness (QED) is 0.775. The summed E-state index contributed by atoms with van der Waals surface area (Å²) in [6, 6.07) is 3.65. The number of hydrogen-bond acceptors (Lipinski definition) is 3. The van der Waals surface area contributed by atoms with Crippen molar-refractivity contribution in [2.45, 2.75) is 25.8 Å². The molecule has 4 heteroatoms. The van der Waals surface area contributed by atoms with Crippen LogP contribution in [0.3, 0.4) is 0 Å². The van der Waals surface area contributed by atoms with E-state index in [0.717, 1.165) is 17.9 Å². The molecule has 3 N–H and O–H groups in total. The Kier molecular flexibility index (Phi) is 5.79. The number of nitrogens with two attached hydrogens (primary N) is 1. The molecule has 3 nitrogen and oxygen atoms in total. The van der Waals surface area contributed by atoms with E-state index in [1.807, 2.05) is 19.1 Å². The highest BCUT2D eigenvalue weighted by atomic mass is 35.5. The molecule has 1 unspecified atom stereocenters. The molecule has 13 heavy (non-hydrogen) atoms. The molecule has 0 amide bonds. The molecule has 1 heterocycles. The summed E-state index contributed by atoms with van der Waals surface area (Å²) in [5, 5.41) is 8.69. The summed E-state index contributed by atoms with van der Waals surface area (Å²) in [5.41, 5.74) is 5.55. The summed E-state index contributed by atoms with van der Waals surface area (Å²) in [6.07, 6.45) is 1.50. The van der Waals surface area contributed by atoms with Crippen LogP contribution in [0.25, 0.3) is 0 Å². The lowest BCUT2D eigenvalue weighted by Crippen LogP contribution is -2.26. The van der Waals surface area contributed by atoms with Gasteiger partial charge in [0.25, 0.3) is 0 Å². The van der Waals surface area contributed by atoms with Crippen LogP contribution in [0.5, 0.6) is 0 Å². The van der Waals surface area contributed by atoms with Gasteiger partial charge in [-0.25, -0.2) is 0 Å². The second-order valence-electron chi connectivity index (χ2n) is 2.87. The highest BCUT2D eigenvalue weighted by Crippen LogP contribution is 2.09. The molecule has 1 rings (SSSR count). The van der Waals surface area contributed by atoms with Gasteiger partial charge >= 0.3 is 0 Å². The summed E-state index contributed by atoms with van der Waals surface area (Å²) >= 11 is 0. The fourth-order valence-electron chi connectivity index (χ4n) is 1.05. The monoisotopic (exact) mass is 205 g/mol. The summed E-state index contributed by atoms with van der Waals surface area (Å²) in [7, 11) is 0. The number of halogens is 1. The highest BCUT2D eigenvalue weighted by Gasteiger charge is 2.05. The Morgan fingerprint density at radius 1 is 1.46 bits per heavy atom. The van der Waals surface area contributed by atoms with Crippen molar-refractivity contribution in [2.75, 3.05) is 6.61 Å². The van der Waals surface area contributed by atoms with Crippen molar-refractivity contribution in [1.29, 1.82) is 0 Å². The minimum absolute atomic E-state index is 0. The summed E-state index contributed by atoms with van der Waals surface area (Å²) in [5.74, 6) is 1.82. The zero-order valence-electron chi connectivity index (χ0n) is 7.69. The van der Waals surface area contributed by atoms with Gasteiger partial charge in [-0.05, 0) is 12.1 Å². The van der Waals surface area contributed by atoms with Crippen LogP contribution < -0.4 is 5.73 Å². The normalized spacial score (nSPS) is 12.2. The first-order valence-electron chi connectivity index (χ1n) is 4.20. The maximum Gasteiger partial charge on any atom is 0.105 e. The van der Waals surface area contributed by atoms with Crippen LogP contribution in [-0.4, -0.2) is 17.8 Å². The van der Waals surface area contributed by atoms with Crippen molar-refractivity contribution in [3.05, 3.63) is 23.7 Å². The summed E-state index contributed by atoms with van der Waals surface area (Å²) < 4.78 is 5.41. The molecule has 0 fully saturated rings. The molecule has 0 bridgehead atoms. The first-order valence-corrected chi connectivity index (χ1v) is 4.20. The second-order valence-corrected chi connectivity index (χ2v) is 2.87. The van der Waals surface area contributed by atoms with Crippen LogP contribution in [0.2, 0.25) is 0 Å². The zero-order chi connectivity index (χ0) is 8.97. The molecule has 76 valence electrons. The molecule has 0 saturated heterocycles. The molecule has 1 atom stereocenters. The largest absolute Gasteiger partial charge is 0.466 e. The average molecular weight is 206 g/mol. The Bertz CT molecular complexity index is 237. The summed E-state index contributed by atoms with van der Waals surface area (Å²) in [6.45, 7) is 2.04. The average Bonchev–Trinajstić information content (AvgIpc) is 2.52. The van der Waals surface area contributed by atoms with E-state index in [2.05, 4.69) is 0 Å². The Morgan fingerprint density at radius 3 is 2.54 bits per heavy atom. The maximum atomic E-state index is 8.69. The Morgan fingerprint density at radius 2 is 2.08 bits per heavy atom. The second kappa shape index (κ2) is 6.02. The predicted molar refractivity (Wildman–Crippen MR) is 54.1 cm³/mol. The molecule has 1 aromatic heterocycles. The number of aryl methyl sites for hydroxylation is 1. The van der Waals surface area contributed by atoms with Crippen molar-refractivity contribution in [2.24, 2.45) is 5.73 Å². The van der Waals surface area contributed by atoms with Crippen LogP contribution in [-0.2, 0) is 12.8 Å². The summed E-state index contributed by atoms with van der Waals surface area (Å²) in [4.78, 5) is 0. The standard InChI is InChI=1S/C9H15NO2.ClH/c1-2-8-3-4-9(12-8)5-7(10)6-11;/h3-4,7,11H,2,5-6,10H2,1H3;1H. The zero-order valence-corrected chi connectivity index (χ0v) is 8.51. The van der Waals surface area contributed by atoms with Crippen molar-refractivity contribution < 1.29 is 9.52 Å². The van der Waals surface area contributed by atoms with Crippen LogP contribution in [0, 0.1) is 0 Å². The van der Waals surface area contributed by atoms with Crippen molar-refractivity contribution in [3.8, 4) is 0 Å². The number of rotatable bonds is 4. The molecule has 0 spiro atoms. The number of furan rings is 1. The molecule has 0 aliphatic carbocycles. The van der Waals surface area contributed by atoms with Crippen LogP contribution in [0.4, 0.5) is 0 Å². The lowest BCUT2D eigenvalue weighted by molar-refractivity contribution is 0.259. The van der Waals surface area contributed by atoms with Gasteiger partial charge in [-0.15, -0.1) is 12.4 Å². The van der Waals surface area contributed by atoms with E-state index in [9.17, 15) is 0 Å². The number of aliphatic hydroxyl groups excluding tert-OH is 1. The molecule has 0 radical (unpaired) electrons. The Balaban J connectivity index is 0.00000144. The Hall–Kier alpha value is -0.510. The Labute approximate surface area is 84.3 Å². The van der Waals surface area contributed by atoms with Crippen molar-refractivity contribution in [3.63, 3.8) is 0 Å². The third-order valence-corrected chi connectivity index (χ3v) is 1.76. The van der Waals surface area contributed by atoms with E-state index in [1.165, 1.54) is 0 Å². The van der Waals surface area contributed by atoms with E-state index in [-0.39, 0.29) is 25.1 Å². The van der Waals surface area contributed by atoms with Gasteiger partial charge < -0.3 is 15.3 Å². The van der Waals surface area contributed by atoms with Gasteiger partial charge in [0.2, 0.25) is 0 Å². The number of aliphatic hydroxyl groups is 1. The molecule has 0 aliphatic rings. The SMILES string of the molecule is CCc1ccc(CC(N)CO)o1.Cl.